The molecule has 0 rings (SSSR count). The first-order chi connectivity index (χ1) is 5.76. The van der Waals surface area contributed by atoms with Gasteiger partial charge >= 0.3 is 0 Å². The Morgan fingerprint density at radius 2 is 1.92 bits per heavy atom. The minimum absolute atomic E-state index is 0.119. The number of methoxy groups -OCH3 is 2. The first-order valence-electron chi connectivity index (χ1n) is 3.86. The fourth-order valence-electron chi connectivity index (χ4n) is 0.703. The van der Waals surface area contributed by atoms with Gasteiger partial charge in [0.05, 0.1) is 9.52 Å². The van der Waals surface area contributed by atoms with Gasteiger partial charge in [-0.25, -0.2) is 10.2 Å². The van der Waals surface area contributed by atoms with Crippen molar-refractivity contribution in [2.75, 3.05) is 14.2 Å². The third kappa shape index (κ3) is 12.2. The lowest BCUT2D eigenvalue weighted by Crippen LogP contribution is -2.20. The van der Waals surface area contributed by atoms with Crippen molar-refractivity contribution in [3.05, 3.63) is 0 Å². The van der Waals surface area contributed by atoms with E-state index in [-0.39, 0.29) is 15.4 Å². The van der Waals surface area contributed by atoms with Gasteiger partial charge in [-0.05, 0) is 0 Å². The van der Waals surface area contributed by atoms with Crippen LogP contribution in [0.4, 0.5) is 0 Å². The molecule has 0 aromatic carbocycles. The summed E-state index contributed by atoms with van der Waals surface area (Å²) in [4.78, 5) is 8.35. The number of hydrogen-bond acceptors (Lipinski definition) is 4. The Morgan fingerprint density at radius 1 is 1.50 bits per heavy atom. The second-order valence-electron chi connectivity index (χ2n) is 2.15. The Morgan fingerprint density at radius 3 is 2.17 bits per heavy atom. The van der Waals surface area contributed by atoms with Crippen LogP contribution < -0.4 is 0 Å². The molecule has 0 unspecified atom stereocenters. The maximum absolute atomic E-state index is 8.35. The molecular formula is C7H17NO3Si. The van der Waals surface area contributed by atoms with E-state index in [0.717, 1.165) is 6.08 Å². The fourth-order valence-corrected chi connectivity index (χ4v) is 1.92. The second-order valence-corrected chi connectivity index (χ2v) is 4.10. The molecule has 0 fully saturated rings. The summed E-state index contributed by atoms with van der Waals surface area (Å²) in [6.07, 6.45) is 2.01. The molecule has 72 valence electrons. The lowest BCUT2D eigenvalue weighted by molar-refractivity contribution is -0.0441. The van der Waals surface area contributed by atoms with Crippen LogP contribution in [-0.2, 0) is 14.3 Å². The van der Waals surface area contributed by atoms with Crippen LogP contribution in [0.2, 0.25) is 6.04 Å². The van der Waals surface area contributed by atoms with Crippen LogP contribution in [0, 0.1) is 5.41 Å². The van der Waals surface area contributed by atoms with Crippen LogP contribution in [0.3, 0.4) is 0 Å². The Kier molecular flexibility index (Phi) is 15.4. The molecule has 5 heteroatoms. The predicted molar refractivity (Wildman–Crippen MR) is 49.9 cm³/mol. The highest BCUT2D eigenvalue weighted by molar-refractivity contribution is 6.36. The summed E-state index contributed by atoms with van der Waals surface area (Å²) in [5.41, 5.74) is 0. The molecule has 0 aromatic heterocycles. The second kappa shape index (κ2) is 13.1. The average molecular weight is 191 g/mol. The van der Waals surface area contributed by atoms with E-state index in [4.69, 9.17) is 19.7 Å². The number of nitrogens with one attached hydrogen (secondary N) is 1. The summed E-state index contributed by atoms with van der Waals surface area (Å²) in [6.45, 7) is 2.19. The Bertz CT molecular complexity index is 111. The highest BCUT2D eigenvalue weighted by Crippen LogP contribution is 1.94. The van der Waals surface area contributed by atoms with Gasteiger partial charge in [-0.2, -0.15) is 0 Å². The molecule has 1 N–H and O–H groups in total. The fraction of sp³-hybridized carbons (Fsp3) is 0.857. The summed E-state index contributed by atoms with van der Waals surface area (Å²) >= 11 is 0. The SMILES string of the molecule is CCC[SiH2]C(OC)OC.N=C=O. The topological polar surface area (TPSA) is 59.4 Å². The smallest absolute Gasteiger partial charge is 0.231 e. The van der Waals surface area contributed by atoms with Crippen molar-refractivity contribution in [2.24, 2.45) is 0 Å². The summed E-state index contributed by atoms with van der Waals surface area (Å²) in [5.74, 6) is 0.143. The van der Waals surface area contributed by atoms with E-state index in [1.54, 1.807) is 14.2 Å². The molecule has 0 atom stereocenters. The maximum atomic E-state index is 8.35. The van der Waals surface area contributed by atoms with Crippen LogP contribution in [0.5, 0.6) is 0 Å². The van der Waals surface area contributed by atoms with Crippen molar-refractivity contribution in [3.63, 3.8) is 0 Å². The zero-order valence-corrected chi connectivity index (χ0v) is 9.34. The Hall–Kier alpha value is -0.483. The van der Waals surface area contributed by atoms with Gasteiger partial charge in [-0.3, -0.25) is 0 Å². The molecule has 0 bridgehead atoms. The standard InChI is InChI=1S/C6H16O2Si.CHNO/c1-4-5-9-6(7-2)8-3;2-1-3/h6H,4-5,9H2,1-3H3;2H. The zero-order chi connectivity index (χ0) is 9.82. The van der Waals surface area contributed by atoms with Gasteiger partial charge in [-0.1, -0.05) is 19.4 Å². The van der Waals surface area contributed by atoms with E-state index >= 15 is 0 Å². The lowest BCUT2D eigenvalue weighted by Gasteiger charge is -2.10. The first kappa shape index (κ1) is 14.1. The molecule has 12 heavy (non-hydrogen) atoms. The highest BCUT2D eigenvalue weighted by Gasteiger charge is 2.02. The summed E-state index contributed by atoms with van der Waals surface area (Å²) in [7, 11) is 3.29. The summed E-state index contributed by atoms with van der Waals surface area (Å²) in [6, 6.07) is 1.31. The molecule has 0 aliphatic rings. The molecule has 0 amide bonds. The lowest BCUT2D eigenvalue weighted by atomic mass is 10.6. The van der Waals surface area contributed by atoms with Crippen LogP contribution in [-0.4, -0.2) is 35.7 Å². The molecule has 0 aliphatic carbocycles. The average Bonchev–Trinajstić information content (AvgIpc) is 2.08. The van der Waals surface area contributed by atoms with Gasteiger partial charge in [0.25, 0.3) is 0 Å². The van der Waals surface area contributed by atoms with Crippen LogP contribution in [0.1, 0.15) is 13.3 Å². The number of carbonyl (C=O) groups excluding carboxylic acids is 1. The third-order valence-corrected chi connectivity index (χ3v) is 3.57. The van der Waals surface area contributed by atoms with Crippen LogP contribution >= 0.6 is 0 Å². The molecule has 0 saturated heterocycles. The molecule has 0 saturated carbocycles. The van der Waals surface area contributed by atoms with E-state index in [1.165, 1.54) is 12.5 Å². The molecule has 0 spiro atoms. The minimum atomic E-state index is -0.119. The van der Waals surface area contributed by atoms with Gasteiger partial charge in [-0.15, -0.1) is 0 Å². The van der Waals surface area contributed by atoms with Crippen LogP contribution in [0.15, 0.2) is 0 Å². The minimum Gasteiger partial charge on any atom is -0.360 e. The molecular weight excluding hydrogens is 174 g/mol. The molecule has 0 radical (unpaired) electrons. The summed E-state index contributed by atoms with van der Waals surface area (Å²) < 4.78 is 10.1. The van der Waals surface area contributed by atoms with Crippen LogP contribution in [0.25, 0.3) is 0 Å². The van der Waals surface area contributed by atoms with Crippen molar-refractivity contribution in [3.8, 4) is 0 Å². The largest absolute Gasteiger partial charge is 0.360 e. The monoisotopic (exact) mass is 191 g/mol. The maximum Gasteiger partial charge on any atom is 0.231 e. The number of rotatable bonds is 5. The van der Waals surface area contributed by atoms with Crippen molar-refractivity contribution in [2.45, 2.75) is 25.3 Å². The van der Waals surface area contributed by atoms with Gasteiger partial charge in [0.15, 0.2) is 0 Å². The van der Waals surface area contributed by atoms with Gasteiger partial charge in [0.2, 0.25) is 6.08 Å². The van der Waals surface area contributed by atoms with E-state index in [0.29, 0.717) is 0 Å². The van der Waals surface area contributed by atoms with Crippen molar-refractivity contribution < 1.29 is 14.3 Å². The normalized spacial score (nSPS) is 9.67. The Balaban J connectivity index is 0. The van der Waals surface area contributed by atoms with E-state index in [9.17, 15) is 0 Å². The first-order valence-corrected chi connectivity index (χ1v) is 5.67. The van der Waals surface area contributed by atoms with E-state index in [2.05, 4.69) is 6.92 Å². The van der Waals surface area contributed by atoms with E-state index < -0.39 is 0 Å². The quantitative estimate of drug-likeness (QED) is 0.297. The molecule has 0 aromatic rings. The van der Waals surface area contributed by atoms with Crippen molar-refractivity contribution in [1.82, 2.24) is 0 Å². The van der Waals surface area contributed by atoms with Gasteiger partial charge < -0.3 is 9.47 Å². The summed E-state index contributed by atoms with van der Waals surface area (Å²) in [5, 5.41) is 5.40. The highest BCUT2D eigenvalue weighted by atomic mass is 28.2. The van der Waals surface area contributed by atoms with Crippen molar-refractivity contribution >= 4 is 15.6 Å². The molecule has 4 nitrogen and oxygen atoms in total. The number of ether oxygens (including phenoxy) is 2. The van der Waals surface area contributed by atoms with Crippen molar-refractivity contribution in [1.29, 1.82) is 5.41 Å². The molecule has 0 aliphatic heterocycles. The molecule has 0 heterocycles. The number of hydrogen-bond donors (Lipinski definition) is 1. The third-order valence-electron chi connectivity index (χ3n) is 1.32. The van der Waals surface area contributed by atoms with Gasteiger partial charge in [0, 0.05) is 14.2 Å². The zero-order valence-electron chi connectivity index (χ0n) is 7.92. The predicted octanol–water partition coefficient (Wildman–Crippen LogP) is 0.461. The Labute approximate surface area is 75.6 Å². The number of isocyanates is 1. The van der Waals surface area contributed by atoms with Gasteiger partial charge in [0.1, 0.15) is 5.91 Å². The van der Waals surface area contributed by atoms with E-state index in [1.807, 2.05) is 0 Å².